The molecule has 1 fully saturated rings. The van der Waals surface area contributed by atoms with Crippen molar-refractivity contribution in [2.45, 2.75) is 31.2 Å². The number of benzene rings is 2. The Kier molecular flexibility index (Phi) is 6.16. The first-order valence-corrected chi connectivity index (χ1v) is 10.1. The zero-order valence-electron chi connectivity index (χ0n) is 15.0. The maximum Gasteiger partial charge on any atom is 0.228 e. The average molecular weight is 355 g/mol. The van der Waals surface area contributed by atoms with Crippen LogP contribution in [0, 0.1) is 12.8 Å². The van der Waals surface area contributed by atoms with E-state index in [4.69, 9.17) is 0 Å². The van der Waals surface area contributed by atoms with Crippen LogP contribution in [0.3, 0.4) is 0 Å². The minimum atomic E-state index is 0.0662. The molecular weight excluding hydrogens is 328 g/mol. The monoisotopic (exact) mass is 354 g/mol. The Labute approximate surface area is 154 Å². The van der Waals surface area contributed by atoms with Gasteiger partial charge in [0.1, 0.15) is 0 Å². The third-order valence-electron chi connectivity index (χ3n) is 4.70. The first kappa shape index (κ1) is 18.0. The predicted octanol–water partition coefficient (Wildman–Crippen LogP) is 4.57. The number of rotatable bonds is 5. The molecule has 1 aliphatic heterocycles. The van der Waals surface area contributed by atoms with Gasteiger partial charge in [-0.1, -0.05) is 35.9 Å². The van der Waals surface area contributed by atoms with Crippen molar-refractivity contribution < 1.29 is 4.79 Å². The van der Waals surface area contributed by atoms with E-state index in [0.29, 0.717) is 0 Å². The highest BCUT2D eigenvalue weighted by molar-refractivity contribution is 7.98. The average Bonchev–Trinajstić information content (AvgIpc) is 2.62. The first-order chi connectivity index (χ1) is 12.1. The van der Waals surface area contributed by atoms with Crippen LogP contribution >= 0.6 is 11.8 Å². The van der Waals surface area contributed by atoms with Gasteiger partial charge in [-0.3, -0.25) is 9.69 Å². The van der Waals surface area contributed by atoms with Gasteiger partial charge in [-0.2, -0.15) is 0 Å². The molecule has 2 aromatic carbocycles. The molecule has 1 heterocycles. The topological polar surface area (TPSA) is 32.3 Å². The van der Waals surface area contributed by atoms with E-state index in [-0.39, 0.29) is 11.8 Å². The Morgan fingerprint density at radius 1 is 1.24 bits per heavy atom. The van der Waals surface area contributed by atoms with Crippen molar-refractivity contribution in [3.8, 4) is 0 Å². The van der Waals surface area contributed by atoms with Gasteiger partial charge < -0.3 is 5.32 Å². The Morgan fingerprint density at radius 3 is 2.88 bits per heavy atom. The van der Waals surface area contributed by atoms with Gasteiger partial charge in [-0.25, -0.2) is 0 Å². The van der Waals surface area contributed by atoms with E-state index in [0.717, 1.165) is 38.2 Å². The minimum absolute atomic E-state index is 0.0662. The number of piperidine rings is 1. The third kappa shape index (κ3) is 5.10. The zero-order valence-corrected chi connectivity index (χ0v) is 15.8. The lowest BCUT2D eigenvalue weighted by molar-refractivity contribution is -0.121. The van der Waals surface area contributed by atoms with Crippen LogP contribution < -0.4 is 5.32 Å². The van der Waals surface area contributed by atoms with E-state index in [1.54, 1.807) is 11.8 Å². The number of nitrogens with zero attached hydrogens (tertiary/aromatic N) is 1. The van der Waals surface area contributed by atoms with Gasteiger partial charge in [-0.15, -0.1) is 11.8 Å². The molecule has 0 aliphatic carbocycles. The highest BCUT2D eigenvalue weighted by atomic mass is 32.2. The maximum atomic E-state index is 12.7. The summed E-state index contributed by atoms with van der Waals surface area (Å²) in [7, 11) is 0. The summed E-state index contributed by atoms with van der Waals surface area (Å²) >= 11 is 1.69. The highest BCUT2D eigenvalue weighted by Crippen LogP contribution is 2.23. The summed E-state index contributed by atoms with van der Waals surface area (Å²) in [5, 5.41) is 3.10. The molecule has 4 heteroatoms. The lowest BCUT2D eigenvalue weighted by atomic mass is 9.96. The number of hydrogen-bond donors (Lipinski definition) is 1. The Hall–Kier alpha value is -1.78. The van der Waals surface area contributed by atoms with E-state index in [2.05, 4.69) is 47.5 Å². The molecule has 1 unspecified atom stereocenters. The van der Waals surface area contributed by atoms with Crippen molar-refractivity contribution in [2.24, 2.45) is 5.92 Å². The van der Waals surface area contributed by atoms with Crippen LogP contribution in [-0.4, -0.2) is 30.2 Å². The van der Waals surface area contributed by atoms with E-state index in [9.17, 15) is 4.79 Å². The molecule has 1 atom stereocenters. The molecule has 1 amide bonds. The van der Waals surface area contributed by atoms with Gasteiger partial charge in [0.15, 0.2) is 0 Å². The molecule has 132 valence electrons. The normalized spacial score (nSPS) is 18.1. The van der Waals surface area contributed by atoms with Gasteiger partial charge in [0.25, 0.3) is 0 Å². The predicted molar refractivity (Wildman–Crippen MR) is 106 cm³/mol. The van der Waals surface area contributed by atoms with Gasteiger partial charge in [0, 0.05) is 23.7 Å². The molecule has 1 saturated heterocycles. The molecule has 0 spiro atoms. The Morgan fingerprint density at radius 2 is 2.08 bits per heavy atom. The van der Waals surface area contributed by atoms with Crippen LogP contribution in [0.2, 0.25) is 0 Å². The fourth-order valence-electron chi connectivity index (χ4n) is 3.43. The summed E-state index contributed by atoms with van der Waals surface area (Å²) in [6.07, 6.45) is 4.10. The molecule has 1 N–H and O–H groups in total. The number of carbonyl (C=O) groups excluding carboxylic acids is 1. The van der Waals surface area contributed by atoms with Crippen LogP contribution in [0.25, 0.3) is 0 Å². The highest BCUT2D eigenvalue weighted by Gasteiger charge is 2.25. The molecule has 2 aromatic rings. The van der Waals surface area contributed by atoms with Crippen molar-refractivity contribution in [1.29, 1.82) is 0 Å². The quantitative estimate of drug-likeness (QED) is 0.799. The second-order valence-electron chi connectivity index (χ2n) is 6.78. The lowest BCUT2D eigenvalue weighted by Crippen LogP contribution is -2.40. The summed E-state index contributed by atoms with van der Waals surface area (Å²) in [5.74, 6) is 0.212. The molecule has 0 aromatic heterocycles. The molecule has 25 heavy (non-hydrogen) atoms. The third-order valence-corrected chi connectivity index (χ3v) is 5.43. The number of thioether (sulfide) groups is 1. The molecule has 1 aliphatic rings. The number of amides is 1. The van der Waals surface area contributed by atoms with Crippen molar-refractivity contribution in [1.82, 2.24) is 4.90 Å². The van der Waals surface area contributed by atoms with Crippen LogP contribution in [0.5, 0.6) is 0 Å². The Balaban J connectivity index is 1.59. The minimum Gasteiger partial charge on any atom is -0.326 e. The number of aryl methyl sites for hydroxylation is 1. The van der Waals surface area contributed by atoms with Gasteiger partial charge in [-0.05, 0) is 56.3 Å². The number of carbonyl (C=O) groups is 1. The fourth-order valence-corrected chi connectivity index (χ4v) is 3.89. The lowest BCUT2D eigenvalue weighted by Gasteiger charge is -2.32. The van der Waals surface area contributed by atoms with Gasteiger partial charge in [0.05, 0.1) is 5.92 Å². The second kappa shape index (κ2) is 8.54. The van der Waals surface area contributed by atoms with Crippen molar-refractivity contribution in [3.63, 3.8) is 0 Å². The summed E-state index contributed by atoms with van der Waals surface area (Å²) in [4.78, 5) is 16.2. The van der Waals surface area contributed by atoms with Crippen molar-refractivity contribution in [3.05, 3.63) is 59.7 Å². The molecule has 3 nitrogen and oxygen atoms in total. The first-order valence-electron chi connectivity index (χ1n) is 8.87. The van der Waals surface area contributed by atoms with Crippen LogP contribution in [0.4, 0.5) is 5.69 Å². The fraction of sp³-hybridized carbons (Fsp3) is 0.381. The smallest absolute Gasteiger partial charge is 0.228 e. The summed E-state index contributed by atoms with van der Waals surface area (Å²) < 4.78 is 0. The molecule has 3 rings (SSSR count). The molecule has 0 saturated carbocycles. The van der Waals surface area contributed by atoms with E-state index in [1.165, 1.54) is 16.0 Å². The standard InChI is InChI=1S/C21H26N2OS/c1-16-6-3-7-17(12-16)14-23-11-5-8-18(15-23)21(24)22-19-9-4-10-20(13-19)25-2/h3-4,6-7,9-10,12-13,18H,5,8,11,14-15H2,1-2H3,(H,22,24). The SMILES string of the molecule is CSc1cccc(NC(=O)C2CCCN(Cc3cccc(C)c3)C2)c1. The van der Waals surface area contributed by atoms with Crippen LogP contribution in [-0.2, 0) is 11.3 Å². The number of anilines is 1. The van der Waals surface area contributed by atoms with E-state index < -0.39 is 0 Å². The maximum absolute atomic E-state index is 12.7. The molecule has 0 bridgehead atoms. The van der Waals surface area contributed by atoms with Crippen LogP contribution in [0.1, 0.15) is 24.0 Å². The summed E-state index contributed by atoms with van der Waals surface area (Å²) in [6, 6.07) is 16.7. The number of hydrogen-bond acceptors (Lipinski definition) is 3. The molecule has 0 radical (unpaired) electrons. The van der Waals surface area contributed by atoms with E-state index >= 15 is 0 Å². The number of likely N-dealkylation sites (tertiary alicyclic amines) is 1. The largest absolute Gasteiger partial charge is 0.326 e. The second-order valence-corrected chi connectivity index (χ2v) is 7.66. The molecular formula is C21H26N2OS. The summed E-state index contributed by atoms with van der Waals surface area (Å²) in [6.45, 7) is 4.95. The Bertz CT molecular complexity index is 731. The van der Waals surface area contributed by atoms with E-state index in [1.807, 2.05) is 24.5 Å². The van der Waals surface area contributed by atoms with Gasteiger partial charge >= 0.3 is 0 Å². The zero-order chi connectivity index (χ0) is 17.6. The van der Waals surface area contributed by atoms with Crippen molar-refractivity contribution >= 4 is 23.4 Å². The van der Waals surface area contributed by atoms with Crippen molar-refractivity contribution in [2.75, 3.05) is 24.7 Å². The summed E-state index contributed by atoms with van der Waals surface area (Å²) in [5.41, 5.74) is 3.51. The van der Waals surface area contributed by atoms with Gasteiger partial charge in [0.2, 0.25) is 5.91 Å². The number of nitrogens with one attached hydrogen (secondary N) is 1. The van der Waals surface area contributed by atoms with Crippen LogP contribution in [0.15, 0.2) is 53.4 Å².